The van der Waals surface area contributed by atoms with E-state index in [0.29, 0.717) is 28.0 Å². The van der Waals surface area contributed by atoms with Gasteiger partial charge in [-0.3, -0.25) is 9.59 Å². The average Bonchev–Trinajstić information content (AvgIpc) is 2.48. The molecule has 7 heteroatoms. The van der Waals surface area contributed by atoms with Crippen LogP contribution in [0.1, 0.15) is 19.5 Å². The minimum atomic E-state index is -0.425. The third-order valence-corrected chi connectivity index (χ3v) is 4.24. The van der Waals surface area contributed by atoms with E-state index >= 15 is 0 Å². The van der Waals surface area contributed by atoms with Gasteiger partial charge in [0, 0.05) is 11.8 Å². The Balaban J connectivity index is 2.07. The predicted molar refractivity (Wildman–Crippen MR) is 89.6 cm³/mol. The van der Waals surface area contributed by atoms with Gasteiger partial charge in [0.1, 0.15) is 0 Å². The maximum absolute atomic E-state index is 12.2. The van der Waals surface area contributed by atoms with Crippen molar-refractivity contribution in [1.29, 1.82) is 0 Å². The number of thioether (sulfide) groups is 1. The van der Waals surface area contributed by atoms with Crippen LogP contribution in [0, 0.1) is 0 Å². The molecule has 1 unspecified atom stereocenters. The molecule has 0 saturated carbocycles. The predicted octanol–water partition coefficient (Wildman–Crippen LogP) is 3.11. The molecule has 2 rings (SSSR count). The van der Waals surface area contributed by atoms with Crippen molar-refractivity contribution in [3.8, 4) is 0 Å². The van der Waals surface area contributed by atoms with Crippen LogP contribution >= 0.6 is 23.4 Å². The molecule has 0 radical (unpaired) electrons. The van der Waals surface area contributed by atoms with E-state index in [1.807, 2.05) is 6.92 Å². The van der Waals surface area contributed by atoms with Gasteiger partial charge in [0.25, 0.3) is 5.56 Å². The van der Waals surface area contributed by atoms with Crippen LogP contribution in [0.3, 0.4) is 0 Å². The molecule has 1 atom stereocenters. The lowest BCUT2D eigenvalue weighted by atomic mass is 10.3. The number of H-pyrrole nitrogens is 1. The monoisotopic (exact) mass is 337 g/mol. The number of benzene rings is 1. The number of carbonyl (C=O) groups excluding carboxylic acids is 1. The summed E-state index contributed by atoms with van der Waals surface area (Å²) in [6.07, 6.45) is 0.664. The van der Waals surface area contributed by atoms with Crippen LogP contribution in [0.15, 0.2) is 40.3 Å². The van der Waals surface area contributed by atoms with Gasteiger partial charge >= 0.3 is 0 Å². The molecule has 0 aliphatic carbocycles. The average molecular weight is 338 g/mol. The Morgan fingerprint density at radius 2 is 2.18 bits per heavy atom. The standard InChI is InChI=1S/C15H16ClN3O2S/c1-3-10-8-13(20)19-15(17-10)22-9(2)14(21)18-12-7-5-4-6-11(12)16/h4-9H,3H2,1-2H3,(H,18,21)(H,17,19,20). The number of halogens is 1. The number of para-hydroxylation sites is 1. The molecule has 1 heterocycles. The second kappa shape index (κ2) is 7.47. The molecule has 2 N–H and O–H groups in total. The summed E-state index contributed by atoms with van der Waals surface area (Å²) in [5.74, 6) is -0.206. The van der Waals surface area contributed by atoms with Gasteiger partial charge in [0.05, 0.1) is 16.0 Å². The van der Waals surface area contributed by atoms with Gasteiger partial charge in [0.15, 0.2) is 5.16 Å². The first-order valence-electron chi connectivity index (χ1n) is 6.82. The third-order valence-electron chi connectivity index (χ3n) is 2.92. The summed E-state index contributed by atoms with van der Waals surface area (Å²) < 4.78 is 0. The molecule has 1 aromatic carbocycles. The van der Waals surface area contributed by atoms with E-state index in [9.17, 15) is 9.59 Å². The number of rotatable bonds is 5. The first kappa shape index (κ1) is 16.6. The summed E-state index contributed by atoms with van der Waals surface area (Å²) in [4.78, 5) is 30.7. The Morgan fingerprint density at radius 3 is 2.86 bits per heavy atom. The van der Waals surface area contributed by atoms with E-state index in [1.165, 1.54) is 17.8 Å². The Morgan fingerprint density at radius 1 is 1.45 bits per heavy atom. The Bertz CT molecular complexity index is 733. The lowest BCUT2D eigenvalue weighted by molar-refractivity contribution is -0.115. The van der Waals surface area contributed by atoms with Crippen LogP contribution in [0.2, 0.25) is 5.02 Å². The second-order valence-electron chi connectivity index (χ2n) is 4.62. The molecule has 0 bridgehead atoms. The molecule has 116 valence electrons. The molecule has 0 saturated heterocycles. The number of nitrogens with zero attached hydrogens (tertiary/aromatic N) is 1. The SMILES string of the molecule is CCc1cc(=O)[nH]c(SC(C)C(=O)Nc2ccccc2Cl)n1. The number of aryl methyl sites for hydroxylation is 1. The number of hydrogen-bond donors (Lipinski definition) is 2. The lowest BCUT2D eigenvalue weighted by Gasteiger charge is -2.12. The number of hydrogen-bond acceptors (Lipinski definition) is 4. The summed E-state index contributed by atoms with van der Waals surface area (Å²) in [6.45, 7) is 3.67. The summed E-state index contributed by atoms with van der Waals surface area (Å²) in [7, 11) is 0. The van der Waals surface area contributed by atoms with Gasteiger partial charge < -0.3 is 10.3 Å². The van der Waals surface area contributed by atoms with Gasteiger partial charge in [0.2, 0.25) is 5.91 Å². The summed E-state index contributed by atoms with van der Waals surface area (Å²) in [5.41, 5.74) is 1.04. The molecule has 0 aliphatic heterocycles. The molecule has 0 aliphatic rings. The second-order valence-corrected chi connectivity index (χ2v) is 6.36. The highest BCUT2D eigenvalue weighted by molar-refractivity contribution is 8.00. The molecule has 5 nitrogen and oxygen atoms in total. The van der Waals surface area contributed by atoms with Gasteiger partial charge in [-0.2, -0.15) is 0 Å². The van der Waals surface area contributed by atoms with E-state index in [4.69, 9.17) is 11.6 Å². The fourth-order valence-electron chi connectivity index (χ4n) is 1.74. The minimum absolute atomic E-state index is 0.206. The first-order chi connectivity index (χ1) is 10.5. The number of aromatic nitrogens is 2. The minimum Gasteiger partial charge on any atom is -0.324 e. The summed E-state index contributed by atoms with van der Waals surface area (Å²) in [5, 5.41) is 3.25. The van der Waals surface area contributed by atoms with Crippen molar-refractivity contribution in [2.24, 2.45) is 0 Å². The van der Waals surface area contributed by atoms with E-state index < -0.39 is 5.25 Å². The first-order valence-corrected chi connectivity index (χ1v) is 8.07. The van der Waals surface area contributed by atoms with Crippen LogP contribution in [0.25, 0.3) is 0 Å². The maximum atomic E-state index is 12.2. The van der Waals surface area contributed by atoms with Gasteiger partial charge in [-0.15, -0.1) is 0 Å². The van der Waals surface area contributed by atoms with E-state index in [0.717, 1.165) is 0 Å². The van der Waals surface area contributed by atoms with Crippen LogP contribution in [0.5, 0.6) is 0 Å². The fraction of sp³-hybridized carbons (Fsp3) is 0.267. The molecule has 22 heavy (non-hydrogen) atoms. The molecule has 2 aromatic rings. The number of carbonyl (C=O) groups is 1. The number of anilines is 1. The zero-order chi connectivity index (χ0) is 16.1. The summed E-state index contributed by atoms with van der Waals surface area (Å²) in [6, 6.07) is 8.48. The van der Waals surface area contributed by atoms with Crippen molar-refractivity contribution in [1.82, 2.24) is 9.97 Å². The fourth-order valence-corrected chi connectivity index (χ4v) is 2.75. The number of aromatic amines is 1. The van der Waals surface area contributed by atoms with E-state index in [-0.39, 0.29) is 11.5 Å². The molecule has 0 fully saturated rings. The number of amides is 1. The maximum Gasteiger partial charge on any atom is 0.251 e. The van der Waals surface area contributed by atoms with Crippen molar-refractivity contribution >= 4 is 35.0 Å². The largest absolute Gasteiger partial charge is 0.324 e. The van der Waals surface area contributed by atoms with Gasteiger partial charge in [-0.1, -0.05) is 42.4 Å². The normalized spacial score (nSPS) is 12.0. The number of nitrogens with one attached hydrogen (secondary N) is 2. The van der Waals surface area contributed by atoms with Crippen molar-refractivity contribution in [3.05, 3.63) is 51.4 Å². The zero-order valence-corrected chi connectivity index (χ0v) is 13.8. The Labute approximate surface area is 137 Å². The van der Waals surface area contributed by atoms with Crippen LogP contribution in [-0.2, 0) is 11.2 Å². The Kier molecular flexibility index (Phi) is 5.63. The van der Waals surface area contributed by atoms with Crippen molar-refractivity contribution in [2.75, 3.05) is 5.32 Å². The third kappa shape index (κ3) is 4.35. The Hall–Kier alpha value is -1.79. The van der Waals surface area contributed by atoms with Crippen LogP contribution in [0.4, 0.5) is 5.69 Å². The molecular weight excluding hydrogens is 322 g/mol. The van der Waals surface area contributed by atoms with Gasteiger partial charge in [-0.05, 0) is 25.5 Å². The molecule has 1 aromatic heterocycles. The topological polar surface area (TPSA) is 74.8 Å². The highest BCUT2D eigenvalue weighted by Crippen LogP contribution is 2.24. The van der Waals surface area contributed by atoms with Crippen molar-refractivity contribution in [3.63, 3.8) is 0 Å². The molecular formula is C15H16ClN3O2S. The van der Waals surface area contributed by atoms with Crippen LogP contribution < -0.4 is 10.9 Å². The summed E-state index contributed by atoms with van der Waals surface area (Å²) >= 11 is 7.21. The van der Waals surface area contributed by atoms with Crippen molar-refractivity contribution < 1.29 is 4.79 Å². The highest BCUT2D eigenvalue weighted by atomic mass is 35.5. The zero-order valence-electron chi connectivity index (χ0n) is 12.2. The smallest absolute Gasteiger partial charge is 0.251 e. The lowest BCUT2D eigenvalue weighted by Crippen LogP contribution is -2.23. The quantitative estimate of drug-likeness (QED) is 0.649. The van der Waals surface area contributed by atoms with E-state index in [1.54, 1.807) is 31.2 Å². The molecule has 0 spiro atoms. The molecule has 1 amide bonds. The van der Waals surface area contributed by atoms with Crippen molar-refractivity contribution in [2.45, 2.75) is 30.7 Å². The van der Waals surface area contributed by atoms with E-state index in [2.05, 4.69) is 15.3 Å². The highest BCUT2D eigenvalue weighted by Gasteiger charge is 2.17. The van der Waals surface area contributed by atoms with Crippen LogP contribution in [-0.4, -0.2) is 21.1 Å². The van der Waals surface area contributed by atoms with Gasteiger partial charge in [-0.25, -0.2) is 4.98 Å².